The molecule has 1 N–H and O–H groups in total. The van der Waals surface area contributed by atoms with Gasteiger partial charge in [0.05, 0.1) is 5.75 Å². The van der Waals surface area contributed by atoms with Crippen molar-refractivity contribution in [2.75, 3.05) is 31.6 Å². The fraction of sp³-hybridized carbons (Fsp3) is 0.667. The van der Waals surface area contributed by atoms with Crippen molar-refractivity contribution in [1.82, 2.24) is 10.2 Å². The molecule has 6 heteroatoms. The summed E-state index contributed by atoms with van der Waals surface area (Å²) >= 11 is 0. The molecule has 1 aromatic rings. The number of carbonyl (C=O) groups is 1. The second-order valence-electron chi connectivity index (χ2n) is 8.25. The molecule has 1 aliphatic heterocycles. The highest BCUT2D eigenvalue weighted by Gasteiger charge is 2.28. The number of likely N-dealkylation sites (tertiary alicyclic amines) is 1. The van der Waals surface area contributed by atoms with Gasteiger partial charge in [-0.05, 0) is 48.6 Å². The van der Waals surface area contributed by atoms with Crippen molar-refractivity contribution in [2.45, 2.75) is 50.9 Å². The summed E-state index contributed by atoms with van der Waals surface area (Å²) in [6.45, 7) is 1.78. The minimum Gasteiger partial charge on any atom is -0.338 e. The predicted molar refractivity (Wildman–Crippen MR) is 109 cm³/mol. The van der Waals surface area contributed by atoms with Crippen LogP contribution in [0.2, 0.25) is 0 Å². The van der Waals surface area contributed by atoms with Crippen molar-refractivity contribution in [1.29, 1.82) is 0 Å². The number of amides is 2. The van der Waals surface area contributed by atoms with Crippen molar-refractivity contribution in [2.24, 2.45) is 5.92 Å². The van der Waals surface area contributed by atoms with Crippen LogP contribution in [0, 0.1) is 5.92 Å². The van der Waals surface area contributed by atoms with Gasteiger partial charge in [-0.2, -0.15) is 0 Å². The molecule has 1 saturated carbocycles. The Labute approximate surface area is 163 Å². The van der Waals surface area contributed by atoms with Gasteiger partial charge >= 0.3 is 6.03 Å². The molecular weight excluding hydrogens is 360 g/mol. The monoisotopic (exact) mass is 392 g/mol. The summed E-state index contributed by atoms with van der Waals surface area (Å²) in [5.41, 5.74) is 2.70. The van der Waals surface area contributed by atoms with Crippen molar-refractivity contribution in [3.05, 3.63) is 35.4 Å². The first kappa shape index (κ1) is 20.2. The van der Waals surface area contributed by atoms with Crippen LogP contribution in [0.3, 0.4) is 0 Å². The molecule has 3 rings (SSSR count). The first-order valence-corrected chi connectivity index (χ1v) is 12.3. The first-order valence-electron chi connectivity index (χ1n) is 10.2. The Kier molecular flexibility index (Phi) is 6.79. The van der Waals surface area contributed by atoms with Gasteiger partial charge in [-0.1, -0.05) is 43.5 Å². The fourth-order valence-corrected chi connectivity index (χ4v) is 5.53. The summed E-state index contributed by atoms with van der Waals surface area (Å²) in [6, 6.07) is 8.81. The van der Waals surface area contributed by atoms with Crippen molar-refractivity contribution in [3.8, 4) is 0 Å². The Hall–Kier alpha value is -1.56. The number of carbonyl (C=O) groups excluding carboxylic acids is 1. The van der Waals surface area contributed by atoms with E-state index in [0.29, 0.717) is 19.6 Å². The summed E-state index contributed by atoms with van der Waals surface area (Å²) in [5.74, 6) is 0.963. The van der Waals surface area contributed by atoms with E-state index in [1.54, 1.807) is 4.90 Å². The van der Waals surface area contributed by atoms with Gasteiger partial charge in [-0.3, -0.25) is 0 Å². The molecule has 1 heterocycles. The van der Waals surface area contributed by atoms with Crippen LogP contribution in [0.25, 0.3) is 0 Å². The molecule has 27 heavy (non-hydrogen) atoms. The van der Waals surface area contributed by atoms with Gasteiger partial charge in [0.25, 0.3) is 0 Å². The Morgan fingerprint density at radius 3 is 2.48 bits per heavy atom. The Morgan fingerprint density at radius 2 is 1.81 bits per heavy atom. The van der Waals surface area contributed by atoms with Crippen LogP contribution in [-0.2, 0) is 16.3 Å². The van der Waals surface area contributed by atoms with Crippen LogP contribution in [0.15, 0.2) is 24.3 Å². The van der Waals surface area contributed by atoms with Gasteiger partial charge in [0.2, 0.25) is 0 Å². The van der Waals surface area contributed by atoms with Crippen LogP contribution in [0.4, 0.5) is 4.79 Å². The highest BCUT2D eigenvalue weighted by Crippen LogP contribution is 2.32. The lowest BCUT2D eigenvalue weighted by molar-refractivity contribution is 0.207. The number of nitrogens with zero attached hydrogens (tertiary/aromatic N) is 1. The molecular formula is C21H32N2O3S. The van der Waals surface area contributed by atoms with E-state index >= 15 is 0 Å². The molecule has 1 aromatic carbocycles. The molecule has 1 saturated heterocycles. The first-order chi connectivity index (χ1) is 12.9. The largest absolute Gasteiger partial charge is 0.338 e. The highest BCUT2D eigenvalue weighted by molar-refractivity contribution is 7.90. The number of nitrogens with one attached hydrogen (secondary N) is 1. The number of hydrogen-bond donors (Lipinski definition) is 1. The molecule has 1 aliphatic carbocycles. The SMILES string of the molecule is CS(=O)(=O)CC1CCN(C(=O)NCCc2ccc(C3CCCCC3)cc2)C1. The number of benzene rings is 1. The molecule has 0 bridgehead atoms. The van der Waals surface area contributed by atoms with Gasteiger partial charge in [-0.25, -0.2) is 13.2 Å². The zero-order valence-corrected chi connectivity index (χ0v) is 17.1. The number of urea groups is 1. The molecule has 2 fully saturated rings. The maximum absolute atomic E-state index is 12.3. The van der Waals surface area contributed by atoms with Crippen LogP contribution in [0.1, 0.15) is 55.6 Å². The molecule has 2 aliphatic rings. The standard InChI is InChI=1S/C21H32N2O3S/c1-27(25,26)16-18-12-14-23(15-18)21(24)22-13-11-17-7-9-20(10-8-17)19-5-3-2-4-6-19/h7-10,18-19H,2-6,11-16H2,1H3,(H,22,24). The third kappa shape index (κ3) is 6.23. The zero-order chi connectivity index (χ0) is 19.3. The van der Waals surface area contributed by atoms with Crippen LogP contribution >= 0.6 is 0 Å². The third-order valence-corrected chi connectivity index (χ3v) is 6.93. The fourth-order valence-electron chi connectivity index (χ4n) is 4.40. The average molecular weight is 393 g/mol. The maximum Gasteiger partial charge on any atom is 0.317 e. The van der Waals surface area contributed by atoms with Crippen molar-refractivity contribution in [3.63, 3.8) is 0 Å². The molecule has 5 nitrogen and oxygen atoms in total. The zero-order valence-electron chi connectivity index (χ0n) is 16.3. The molecule has 0 spiro atoms. The number of sulfone groups is 1. The molecule has 1 unspecified atom stereocenters. The average Bonchev–Trinajstić information content (AvgIpc) is 3.10. The second kappa shape index (κ2) is 9.09. The summed E-state index contributed by atoms with van der Waals surface area (Å²) in [5, 5.41) is 2.97. The lowest BCUT2D eigenvalue weighted by Crippen LogP contribution is -2.39. The lowest BCUT2D eigenvalue weighted by Gasteiger charge is -2.22. The molecule has 2 amide bonds. The summed E-state index contributed by atoms with van der Waals surface area (Å²) in [6.07, 6.45) is 9.53. The van der Waals surface area contributed by atoms with Crippen LogP contribution in [0.5, 0.6) is 0 Å². The van der Waals surface area contributed by atoms with E-state index in [1.165, 1.54) is 49.5 Å². The van der Waals surface area contributed by atoms with Gasteiger partial charge in [-0.15, -0.1) is 0 Å². The van der Waals surface area contributed by atoms with Gasteiger partial charge in [0, 0.05) is 25.9 Å². The van der Waals surface area contributed by atoms with E-state index in [0.717, 1.165) is 18.8 Å². The Balaban J connectivity index is 1.40. The quantitative estimate of drug-likeness (QED) is 0.807. The van der Waals surface area contributed by atoms with Gasteiger partial charge in [0.1, 0.15) is 9.84 Å². The maximum atomic E-state index is 12.3. The highest BCUT2D eigenvalue weighted by atomic mass is 32.2. The minimum absolute atomic E-state index is 0.0677. The Morgan fingerprint density at radius 1 is 1.11 bits per heavy atom. The van der Waals surface area contributed by atoms with Gasteiger partial charge < -0.3 is 10.2 Å². The van der Waals surface area contributed by atoms with Gasteiger partial charge in [0.15, 0.2) is 0 Å². The normalized spacial score (nSPS) is 21.4. The summed E-state index contributed by atoms with van der Waals surface area (Å²) < 4.78 is 22.8. The summed E-state index contributed by atoms with van der Waals surface area (Å²) in [7, 11) is -2.98. The molecule has 1 atom stereocenters. The van der Waals surface area contributed by atoms with E-state index in [-0.39, 0.29) is 17.7 Å². The van der Waals surface area contributed by atoms with Crippen LogP contribution < -0.4 is 5.32 Å². The van der Waals surface area contributed by atoms with E-state index in [2.05, 4.69) is 29.6 Å². The third-order valence-electron chi connectivity index (χ3n) is 5.86. The van der Waals surface area contributed by atoms with Crippen molar-refractivity contribution < 1.29 is 13.2 Å². The molecule has 0 radical (unpaired) electrons. The Bertz CT molecular complexity index is 724. The topological polar surface area (TPSA) is 66.5 Å². The lowest BCUT2D eigenvalue weighted by atomic mass is 9.84. The van der Waals surface area contributed by atoms with E-state index < -0.39 is 9.84 Å². The van der Waals surface area contributed by atoms with E-state index in [4.69, 9.17) is 0 Å². The number of rotatable bonds is 6. The van der Waals surface area contributed by atoms with Crippen molar-refractivity contribution >= 4 is 15.9 Å². The predicted octanol–water partition coefficient (Wildman–Crippen LogP) is 3.35. The minimum atomic E-state index is -2.98. The molecule has 0 aromatic heterocycles. The van der Waals surface area contributed by atoms with Crippen LogP contribution in [-0.4, -0.2) is 51.0 Å². The summed E-state index contributed by atoms with van der Waals surface area (Å²) in [4.78, 5) is 14.0. The van der Waals surface area contributed by atoms with E-state index in [1.807, 2.05) is 0 Å². The second-order valence-corrected chi connectivity index (χ2v) is 10.4. The molecule has 150 valence electrons. The number of hydrogen-bond acceptors (Lipinski definition) is 3. The smallest absolute Gasteiger partial charge is 0.317 e. The van der Waals surface area contributed by atoms with E-state index in [9.17, 15) is 13.2 Å².